The van der Waals surface area contributed by atoms with Crippen molar-refractivity contribution in [1.82, 2.24) is 20.1 Å². The van der Waals surface area contributed by atoms with Gasteiger partial charge in [-0.05, 0) is 39.8 Å². The summed E-state index contributed by atoms with van der Waals surface area (Å²) in [6.45, 7) is 14.9. The van der Waals surface area contributed by atoms with Gasteiger partial charge in [0, 0.05) is 64.6 Å². The molecule has 1 aliphatic rings. The maximum Gasteiger partial charge on any atom is 0.193 e. The number of pyridine rings is 1. The Hall–Kier alpha value is -1.09. The van der Waals surface area contributed by atoms with Crippen LogP contribution in [0.1, 0.15) is 27.7 Å². The van der Waals surface area contributed by atoms with Crippen molar-refractivity contribution in [2.45, 2.75) is 39.8 Å². The molecule has 0 amide bonds. The second-order valence-electron chi connectivity index (χ2n) is 7.06. The largest absolute Gasteiger partial charge is 0.355 e. The van der Waals surface area contributed by atoms with E-state index >= 15 is 0 Å². The first kappa shape index (κ1) is 23.0. The highest BCUT2D eigenvalue weighted by molar-refractivity contribution is 14.0. The minimum Gasteiger partial charge on any atom is -0.355 e. The molecule has 0 saturated carbocycles. The number of anilines is 1. The van der Waals surface area contributed by atoms with Gasteiger partial charge >= 0.3 is 0 Å². The number of aromatic nitrogens is 1. The smallest absolute Gasteiger partial charge is 0.193 e. The lowest BCUT2D eigenvalue weighted by atomic mass is 10.2. The first-order valence-corrected chi connectivity index (χ1v) is 9.40. The van der Waals surface area contributed by atoms with Crippen LogP contribution in [0.5, 0.6) is 0 Å². The molecule has 0 bridgehead atoms. The minimum absolute atomic E-state index is 0. The van der Waals surface area contributed by atoms with Crippen molar-refractivity contribution in [3.05, 3.63) is 24.4 Å². The second-order valence-corrected chi connectivity index (χ2v) is 7.06. The Morgan fingerprint density at radius 1 is 1.15 bits per heavy atom. The van der Waals surface area contributed by atoms with Crippen LogP contribution in [-0.4, -0.2) is 79.1 Å². The summed E-state index contributed by atoms with van der Waals surface area (Å²) in [7, 11) is 1.87. The number of halogens is 1. The molecule has 2 rings (SSSR count). The molecule has 0 atom stereocenters. The van der Waals surface area contributed by atoms with Gasteiger partial charge in [0.1, 0.15) is 5.82 Å². The summed E-state index contributed by atoms with van der Waals surface area (Å²) in [5.41, 5.74) is 0. The molecule has 1 N–H and O–H groups in total. The lowest BCUT2D eigenvalue weighted by Crippen LogP contribution is -2.53. The lowest BCUT2D eigenvalue weighted by molar-refractivity contribution is 0.178. The standard InChI is InChI=1S/C19H34N6.HI/c1-16(2)25(17(3)4)11-10-22-19(20-5)24-14-12-23(13-15-24)18-8-6-7-9-21-18;/h6-9,16-17H,10-15H2,1-5H3,(H,20,22);1H. The van der Waals surface area contributed by atoms with Gasteiger partial charge in [0.2, 0.25) is 0 Å². The fourth-order valence-corrected chi connectivity index (χ4v) is 3.43. The highest BCUT2D eigenvalue weighted by atomic mass is 127. The number of rotatable bonds is 6. The van der Waals surface area contributed by atoms with Crippen LogP contribution in [-0.2, 0) is 0 Å². The predicted octanol–water partition coefficient (Wildman–Crippen LogP) is 2.52. The Kier molecular flexibility index (Phi) is 10.2. The molecule has 0 spiro atoms. The molecule has 0 aromatic carbocycles. The van der Waals surface area contributed by atoms with Crippen molar-refractivity contribution in [2.24, 2.45) is 4.99 Å². The van der Waals surface area contributed by atoms with E-state index < -0.39 is 0 Å². The molecule has 7 heteroatoms. The Morgan fingerprint density at radius 2 is 1.81 bits per heavy atom. The number of nitrogens with zero attached hydrogens (tertiary/aromatic N) is 5. The molecule has 6 nitrogen and oxygen atoms in total. The van der Waals surface area contributed by atoms with Gasteiger partial charge in [0.05, 0.1) is 0 Å². The van der Waals surface area contributed by atoms with E-state index in [4.69, 9.17) is 0 Å². The molecule has 0 unspecified atom stereocenters. The van der Waals surface area contributed by atoms with E-state index in [1.165, 1.54) is 0 Å². The third-order valence-electron chi connectivity index (χ3n) is 4.74. The molecule has 2 heterocycles. The van der Waals surface area contributed by atoms with Crippen molar-refractivity contribution < 1.29 is 0 Å². The molecule has 26 heavy (non-hydrogen) atoms. The van der Waals surface area contributed by atoms with Gasteiger partial charge in [-0.3, -0.25) is 9.89 Å². The summed E-state index contributed by atoms with van der Waals surface area (Å²) >= 11 is 0. The fourth-order valence-electron chi connectivity index (χ4n) is 3.43. The van der Waals surface area contributed by atoms with Gasteiger partial charge in [-0.2, -0.15) is 0 Å². The van der Waals surface area contributed by atoms with Crippen LogP contribution >= 0.6 is 24.0 Å². The van der Waals surface area contributed by atoms with Crippen molar-refractivity contribution in [1.29, 1.82) is 0 Å². The Morgan fingerprint density at radius 3 is 2.31 bits per heavy atom. The van der Waals surface area contributed by atoms with E-state index in [-0.39, 0.29) is 24.0 Å². The van der Waals surface area contributed by atoms with Gasteiger partial charge in [0.25, 0.3) is 0 Å². The van der Waals surface area contributed by atoms with Crippen LogP contribution in [0.4, 0.5) is 5.82 Å². The lowest BCUT2D eigenvalue weighted by Gasteiger charge is -2.37. The third-order valence-corrected chi connectivity index (χ3v) is 4.74. The van der Waals surface area contributed by atoms with Crippen molar-refractivity contribution in [3.8, 4) is 0 Å². The van der Waals surface area contributed by atoms with Gasteiger partial charge in [-0.25, -0.2) is 4.98 Å². The second kappa shape index (κ2) is 11.6. The van der Waals surface area contributed by atoms with Crippen molar-refractivity contribution in [2.75, 3.05) is 51.2 Å². The van der Waals surface area contributed by atoms with E-state index in [1.54, 1.807) is 0 Å². The van der Waals surface area contributed by atoms with Crippen LogP contribution in [0.2, 0.25) is 0 Å². The summed E-state index contributed by atoms with van der Waals surface area (Å²) in [6, 6.07) is 7.21. The van der Waals surface area contributed by atoms with Crippen molar-refractivity contribution >= 4 is 35.8 Å². The Labute approximate surface area is 176 Å². The van der Waals surface area contributed by atoms with E-state index in [2.05, 4.69) is 63.8 Å². The number of hydrogen-bond donors (Lipinski definition) is 1. The highest BCUT2D eigenvalue weighted by Crippen LogP contribution is 2.12. The molecular weight excluding hydrogens is 439 g/mol. The number of aliphatic imine (C=N–C) groups is 1. The predicted molar refractivity (Wildman–Crippen MR) is 122 cm³/mol. The number of guanidine groups is 1. The molecule has 148 valence electrons. The van der Waals surface area contributed by atoms with Gasteiger partial charge in [0.15, 0.2) is 5.96 Å². The monoisotopic (exact) mass is 474 g/mol. The number of nitrogens with one attached hydrogen (secondary N) is 1. The van der Waals surface area contributed by atoms with E-state index in [9.17, 15) is 0 Å². The van der Waals surface area contributed by atoms with Gasteiger partial charge in [-0.1, -0.05) is 6.07 Å². The first-order chi connectivity index (χ1) is 12.0. The molecule has 1 aromatic heterocycles. The molecule has 1 fully saturated rings. The Bertz CT molecular complexity index is 518. The van der Waals surface area contributed by atoms with Crippen LogP contribution < -0.4 is 10.2 Å². The topological polar surface area (TPSA) is 47.0 Å². The Balaban J connectivity index is 0.00000338. The number of piperazine rings is 1. The molecule has 1 saturated heterocycles. The molecule has 0 aliphatic carbocycles. The highest BCUT2D eigenvalue weighted by Gasteiger charge is 2.20. The van der Waals surface area contributed by atoms with Crippen LogP contribution in [0, 0.1) is 0 Å². The maximum atomic E-state index is 4.47. The van der Waals surface area contributed by atoms with Crippen molar-refractivity contribution in [3.63, 3.8) is 0 Å². The molecule has 1 aliphatic heterocycles. The maximum absolute atomic E-state index is 4.47. The van der Waals surface area contributed by atoms with Crippen LogP contribution in [0.3, 0.4) is 0 Å². The van der Waals surface area contributed by atoms with E-state index in [0.717, 1.165) is 51.0 Å². The summed E-state index contributed by atoms with van der Waals surface area (Å²) in [4.78, 5) is 16.1. The summed E-state index contributed by atoms with van der Waals surface area (Å²) in [5.74, 6) is 2.07. The quantitative estimate of drug-likeness (QED) is 0.390. The van der Waals surface area contributed by atoms with Crippen LogP contribution in [0.25, 0.3) is 0 Å². The van der Waals surface area contributed by atoms with E-state index in [0.29, 0.717) is 12.1 Å². The zero-order valence-electron chi connectivity index (χ0n) is 16.9. The average molecular weight is 474 g/mol. The third kappa shape index (κ3) is 6.57. The summed E-state index contributed by atoms with van der Waals surface area (Å²) in [6.07, 6.45) is 1.86. The zero-order valence-corrected chi connectivity index (χ0v) is 19.2. The zero-order chi connectivity index (χ0) is 18.2. The molecular formula is C19H35IN6. The average Bonchev–Trinajstić information content (AvgIpc) is 2.62. The molecule has 0 radical (unpaired) electrons. The van der Waals surface area contributed by atoms with E-state index in [1.807, 2.05) is 25.4 Å². The molecule has 1 aromatic rings. The first-order valence-electron chi connectivity index (χ1n) is 9.40. The number of hydrogen-bond acceptors (Lipinski definition) is 4. The summed E-state index contributed by atoms with van der Waals surface area (Å²) < 4.78 is 0. The van der Waals surface area contributed by atoms with Gasteiger partial charge in [-0.15, -0.1) is 24.0 Å². The fraction of sp³-hybridized carbons (Fsp3) is 0.684. The summed E-state index contributed by atoms with van der Waals surface area (Å²) in [5, 5.41) is 3.53. The minimum atomic E-state index is 0. The van der Waals surface area contributed by atoms with Gasteiger partial charge < -0.3 is 15.1 Å². The van der Waals surface area contributed by atoms with Crippen LogP contribution in [0.15, 0.2) is 29.4 Å². The normalized spacial score (nSPS) is 15.6. The SMILES string of the molecule is CN=C(NCCN(C(C)C)C(C)C)N1CCN(c2ccccn2)CC1.I.